The second-order valence-electron chi connectivity index (χ2n) is 7.47. The number of ether oxygens (including phenoxy) is 1. The quantitative estimate of drug-likeness (QED) is 0.696. The molecule has 2 N–H and O–H groups in total. The topological polar surface area (TPSA) is 63.5 Å². The summed E-state index contributed by atoms with van der Waals surface area (Å²) in [7, 11) is 0. The third-order valence-corrected chi connectivity index (χ3v) is 5.56. The van der Waals surface area contributed by atoms with Crippen LogP contribution in [0.5, 0.6) is 11.5 Å². The molecule has 5 rings (SSSR count). The molecule has 142 valence electrons. The number of furan rings is 1. The van der Waals surface area contributed by atoms with Gasteiger partial charge >= 0.3 is 0 Å². The van der Waals surface area contributed by atoms with E-state index < -0.39 is 0 Å². The van der Waals surface area contributed by atoms with Gasteiger partial charge in [0.2, 0.25) is 0 Å². The summed E-state index contributed by atoms with van der Waals surface area (Å²) in [5.41, 5.74) is 0.904. The number of para-hydroxylation sites is 1. The molecule has 2 aliphatic rings. The predicted molar refractivity (Wildman–Crippen MR) is 106 cm³/mol. The van der Waals surface area contributed by atoms with E-state index in [9.17, 15) is 4.79 Å². The minimum absolute atomic E-state index is 0.144. The van der Waals surface area contributed by atoms with Gasteiger partial charge < -0.3 is 19.8 Å². The Labute approximate surface area is 163 Å². The van der Waals surface area contributed by atoms with Gasteiger partial charge in [-0.05, 0) is 67.8 Å². The van der Waals surface area contributed by atoms with Crippen LogP contribution in [0.2, 0.25) is 0 Å². The molecule has 3 atom stereocenters. The van der Waals surface area contributed by atoms with Crippen molar-refractivity contribution in [1.82, 2.24) is 10.6 Å². The average molecular weight is 374 g/mol. The van der Waals surface area contributed by atoms with Gasteiger partial charge in [-0.2, -0.15) is 0 Å². The van der Waals surface area contributed by atoms with Gasteiger partial charge in [-0.25, -0.2) is 0 Å². The Hall–Kier alpha value is -3.05. The van der Waals surface area contributed by atoms with Gasteiger partial charge in [0.05, 0.1) is 0 Å². The highest BCUT2D eigenvalue weighted by Gasteiger charge is 2.39. The monoisotopic (exact) mass is 374 g/mol. The molecular formula is C23H22N2O3. The molecule has 5 heteroatoms. The van der Waals surface area contributed by atoms with Gasteiger partial charge in [-0.15, -0.1) is 0 Å². The summed E-state index contributed by atoms with van der Waals surface area (Å²) in [6.45, 7) is 0. The van der Waals surface area contributed by atoms with E-state index in [2.05, 4.69) is 10.6 Å². The lowest BCUT2D eigenvalue weighted by atomic mass is 9.95. The molecule has 2 saturated heterocycles. The molecule has 1 amide bonds. The fraction of sp³-hybridized carbons (Fsp3) is 0.261. The van der Waals surface area contributed by atoms with Crippen molar-refractivity contribution >= 4 is 5.91 Å². The zero-order valence-electron chi connectivity index (χ0n) is 15.4. The van der Waals surface area contributed by atoms with Gasteiger partial charge in [-0.3, -0.25) is 4.79 Å². The third kappa shape index (κ3) is 3.41. The maximum absolute atomic E-state index is 12.5. The Balaban J connectivity index is 1.24. The average Bonchev–Trinajstić information content (AvgIpc) is 3.46. The number of carbonyl (C=O) groups is 1. The standard InChI is InChI=1S/C23H22N2O3/c26-23(25-20-14-16-8-11-19(20)24-16)22-13-12-21(28-22)15-6-9-18(10-7-15)27-17-4-2-1-3-5-17/h1-7,9-10,12-13,16,19-20,24H,8,11,14H2,(H,25,26)/t16-,19+,20-/m1/s1. The summed E-state index contributed by atoms with van der Waals surface area (Å²) < 4.78 is 11.6. The Kier molecular flexibility index (Phi) is 4.37. The lowest BCUT2D eigenvalue weighted by molar-refractivity contribution is 0.0903. The highest BCUT2D eigenvalue weighted by Crippen LogP contribution is 2.29. The third-order valence-electron chi connectivity index (χ3n) is 5.56. The number of hydrogen-bond acceptors (Lipinski definition) is 4. The van der Waals surface area contributed by atoms with Crippen molar-refractivity contribution in [3.63, 3.8) is 0 Å². The maximum atomic E-state index is 12.5. The molecular weight excluding hydrogens is 352 g/mol. The molecule has 2 bridgehead atoms. The van der Waals surface area contributed by atoms with Gasteiger partial charge in [0.1, 0.15) is 17.3 Å². The SMILES string of the molecule is O=C(N[C@@H]1C[C@H]2CC[C@@H]1N2)c1ccc(-c2ccc(Oc3ccccc3)cc2)o1. The fourth-order valence-corrected chi connectivity index (χ4v) is 4.15. The first-order chi connectivity index (χ1) is 13.7. The van der Waals surface area contributed by atoms with Crippen molar-refractivity contribution in [2.24, 2.45) is 0 Å². The van der Waals surface area contributed by atoms with E-state index >= 15 is 0 Å². The maximum Gasteiger partial charge on any atom is 0.287 e. The first-order valence-corrected chi connectivity index (χ1v) is 9.75. The molecule has 0 spiro atoms. The normalized spacial score (nSPS) is 22.9. The highest BCUT2D eigenvalue weighted by atomic mass is 16.5. The number of benzene rings is 2. The van der Waals surface area contributed by atoms with E-state index in [1.807, 2.05) is 60.7 Å². The molecule has 2 aliphatic heterocycles. The summed E-state index contributed by atoms with van der Waals surface area (Å²) >= 11 is 0. The van der Waals surface area contributed by atoms with Crippen molar-refractivity contribution in [3.8, 4) is 22.8 Å². The second kappa shape index (κ2) is 7.17. The van der Waals surface area contributed by atoms with Crippen LogP contribution in [0.25, 0.3) is 11.3 Å². The smallest absolute Gasteiger partial charge is 0.287 e. The van der Waals surface area contributed by atoms with Crippen LogP contribution in [0.15, 0.2) is 71.1 Å². The summed E-state index contributed by atoms with van der Waals surface area (Å²) in [4.78, 5) is 12.5. The van der Waals surface area contributed by atoms with Crippen LogP contribution >= 0.6 is 0 Å². The Morgan fingerprint density at radius 1 is 0.964 bits per heavy atom. The molecule has 5 nitrogen and oxygen atoms in total. The number of fused-ring (bicyclic) bond motifs is 2. The minimum atomic E-state index is -0.144. The molecule has 3 heterocycles. The molecule has 2 fully saturated rings. The zero-order chi connectivity index (χ0) is 18.9. The minimum Gasteiger partial charge on any atom is -0.457 e. The van der Waals surface area contributed by atoms with E-state index in [1.54, 1.807) is 6.07 Å². The van der Waals surface area contributed by atoms with Gasteiger partial charge in [0, 0.05) is 23.7 Å². The second-order valence-corrected chi connectivity index (χ2v) is 7.47. The summed E-state index contributed by atoms with van der Waals surface area (Å²) in [5.74, 6) is 2.42. The van der Waals surface area contributed by atoms with Crippen molar-refractivity contribution in [2.45, 2.75) is 37.4 Å². The molecule has 3 aromatic rings. The van der Waals surface area contributed by atoms with Crippen LogP contribution in [0, 0.1) is 0 Å². The van der Waals surface area contributed by atoms with Crippen LogP contribution < -0.4 is 15.4 Å². The number of hydrogen-bond donors (Lipinski definition) is 2. The van der Waals surface area contributed by atoms with E-state index in [0.717, 1.165) is 29.9 Å². The zero-order valence-corrected chi connectivity index (χ0v) is 15.4. The molecule has 0 saturated carbocycles. The van der Waals surface area contributed by atoms with Crippen LogP contribution in [-0.4, -0.2) is 24.0 Å². The van der Waals surface area contributed by atoms with Gasteiger partial charge in [0.15, 0.2) is 5.76 Å². The molecule has 1 aromatic heterocycles. The first kappa shape index (κ1) is 17.1. The summed E-state index contributed by atoms with van der Waals surface area (Å²) in [5, 5.41) is 6.64. The predicted octanol–water partition coefficient (Wildman–Crippen LogP) is 4.36. The Morgan fingerprint density at radius 3 is 2.46 bits per heavy atom. The highest BCUT2D eigenvalue weighted by molar-refractivity contribution is 5.92. The molecule has 28 heavy (non-hydrogen) atoms. The van der Waals surface area contributed by atoms with Crippen LogP contribution in [0.4, 0.5) is 0 Å². The largest absolute Gasteiger partial charge is 0.457 e. The first-order valence-electron chi connectivity index (χ1n) is 9.75. The van der Waals surface area contributed by atoms with Crippen molar-refractivity contribution in [1.29, 1.82) is 0 Å². The van der Waals surface area contributed by atoms with Crippen LogP contribution in [0.3, 0.4) is 0 Å². The fourth-order valence-electron chi connectivity index (χ4n) is 4.15. The van der Waals surface area contributed by atoms with Crippen LogP contribution in [0.1, 0.15) is 29.8 Å². The van der Waals surface area contributed by atoms with E-state index in [1.165, 1.54) is 6.42 Å². The number of rotatable bonds is 5. The van der Waals surface area contributed by atoms with Crippen molar-refractivity contribution in [2.75, 3.05) is 0 Å². The van der Waals surface area contributed by atoms with Crippen molar-refractivity contribution in [3.05, 3.63) is 72.5 Å². The van der Waals surface area contributed by atoms with E-state index in [-0.39, 0.29) is 11.9 Å². The summed E-state index contributed by atoms with van der Waals surface area (Å²) in [6, 6.07) is 22.0. The molecule has 0 aliphatic carbocycles. The lowest BCUT2D eigenvalue weighted by Gasteiger charge is -2.20. The van der Waals surface area contributed by atoms with Gasteiger partial charge in [-0.1, -0.05) is 18.2 Å². The van der Waals surface area contributed by atoms with Gasteiger partial charge in [0.25, 0.3) is 5.91 Å². The van der Waals surface area contributed by atoms with Crippen LogP contribution in [-0.2, 0) is 0 Å². The Bertz CT molecular complexity index is 965. The molecule has 0 radical (unpaired) electrons. The molecule has 2 aromatic carbocycles. The number of nitrogens with one attached hydrogen (secondary N) is 2. The number of carbonyl (C=O) groups excluding carboxylic acids is 1. The lowest BCUT2D eigenvalue weighted by Crippen LogP contribution is -2.42. The Morgan fingerprint density at radius 2 is 1.75 bits per heavy atom. The number of amides is 1. The molecule has 0 unspecified atom stereocenters. The summed E-state index contributed by atoms with van der Waals surface area (Å²) in [6.07, 6.45) is 3.36. The van der Waals surface area contributed by atoms with E-state index in [0.29, 0.717) is 23.6 Å². The van der Waals surface area contributed by atoms with E-state index in [4.69, 9.17) is 9.15 Å². The van der Waals surface area contributed by atoms with Crippen molar-refractivity contribution < 1.29 is 13.9 Å².